The van der Waals surface area contributed by atoms with E-state index in [1.54, 1.807) is 12.2 Å². The Morgan fingerprint density at radius 1 is 1.54 bits per heavy atom. The van der Waals surface area contributed by atoms with Crippen LogP contribution in [-0.2, 0) is 4.74 Å². The fourth-order valence-corrected chi connectivity index (χ4v) is 0.786. The van der Waals surface area contributed by atoms with Crippen LogP contribution in [0.15, 0.2) is 37.0 Å². The van der Waals surface area contributed by atoms with Crippen molar-refractivity contribution in [2.45, 2.75) is 6.42 Å². The molecule has 0 heterocycles. The molecule has 1 N–H and O–H groups in total. The number of rotatable bonds is 5. The van der Waals surface area contributed by atoms with Gasteiger partial charge in [0.05, 0.1) is 7.11 Å². The number of amides is 1. The number of ether oxygens (including phenoxy) is 1. The number of nitrogens with one attached hydrogen (secondary N) is 1. The topological polar surface area (TPSA) is 38.3 Å². The fourth-order valence-electron chi connectivity index (χ4n) is 0.786. The van der Waals surface area contributed by atoms with Crippen LogP contribution in [0, 0.1) is 0 Å². The lowest BCUT2D eigenvalue weighted by molar-refractivity contribution is 0.171. The third-order valence-corrected chi connectivity index (χ3v) is 1.46. The highest BCUT2D eigenvalue weighted by atomic mass is 16.5. The molecule has 72 valence electrons. The van der Waals surface area contributed by atoms with Gasteiger partial charge >= 0.3 is 6.09 Å². The second-order valence-electron chi connectivity index (χ2n) is 2.35. The minimum Gasteiger partial charge on any atom is -0.453 e. The van der Waals surface area contributed by atoms with E-state index in [4.69, 9.17) is 0 Å². The molecule has 0 atom stereocenters. The molecule has 0 saturated carbocycles. The smallest absolute Gasteiger partial charge is 0.406 e. The fraction of sp³-hybridized carbons (Fsp3) is 0.300. The first-order chi connectivity index (χ1) is 6.24. The molecule has 1 amide bonds. The maximum absolute atomic E-state index is 10.6. The van der Waals surface area contributed by atoms with Crippen LogP contribution in [0.4, 0.5) is 4.79 Å². The highest BCUT2D eigenvalue weighted by Crippen LogP contribution is 2.00. The standard InChI is InChI=1S/C10H15NO2/c1-4-6-9(5-2)7-8-11-10(12)13-3/h4-6H,1-2,7-8H2,3H3,(H,11,12)/b9-6+. The van der Waals surface area contributed by atoms with Crippen LogP contribution in [-0.4, -0.2) is 19.7 Å². The first-order valence-corrected chi connectivity index (χ1v) is 4.00. The molecular weight excluding hydrogens is 166 g/mol. The largest absolute Gasteiger partial charge is 0.453 e. The molecular formula is C10H15NO2. The van der Waals surface area contributed by atoms with Crippen LogP contribution in [0.3, 0.4) is 0 Å². The Bertz CT molecular complexity index is 219. The zero-order chi connectivity index (χ0) is 10.1. The Hall–Kier alpha value is -1.51. The molecule has 0 bridgehead atoms. The van der Waals surface area contributed by atoms with Crippen molar-refractivity contribution < 1.29 is 9.53 Å². The summed E-state index contributed by atoms with van der Waals surface area (Å²) >= 11 is 0. The van der Waals surface area contributed by atoms with Gasteiger partial charge in [0.25, 0.3) is 0 Å². The second kappa shape index (κ2) is 7.16. The van der Waals surface area contributed by atoms with E-state index in [9.17, 15) is 4.79 Å². The maximum Gasteiger partial charge on any atom is 0.406 e. The van der Waals surface area contributed by atoms with Crippen molar-refractivity contribution in [2.24, 2.45) is 0 Å². The van der Waals surface area contributed by atoms with Crippen molar-refractivity contribution in [3.8, 4) is 0 Å². The zero-order valence-corrected chi connectivity index (χ0v) is 7.88. The molecule has 0 aliphatic rings. The van der Waals surface area contributed by atoms with Crippen LogP contribution in [0.25, 0.3) is 0 Å². The molecule has 0 aliphatic heterocycles. The van der Waals surface area contributed by atoms with Crippen LogP contribution in [0.5, 0.6) is 0 Å². The molecule has 0 aromatic rings. The zero-order valence-electron chi connectivity index (χ0n) is 7.88. The Morgan fingerprint density at radius 3 is 2.69 bits per heavy atom. The van der Waals surface area contributed by atoms with Gasteiger partial charge in [0.2, 0.25) is 0 Å². The normalized spacial score (nSPS) is 10.4. The Morgan fingerprint density at radius 2 is 2.23 bits per heavy atom. The van der Waals surface area contributed by atoms with Gasteiger partial charge in [-0.15, -0.1) is 0 Å². The summed E-state index contributed by atoms with van der Waals surface area (Å²) in [5.74, 6) is 0. The van der Waals surface area contributed by atoms with Crippen LogP contribution in [0.1, 0.15) is 6.42 Å². The summed E-state index contributed by atoms with van der Waals surface area (Å²) in [6, 6.07) is 0. The molecule has 0 saturated heterocycles. The average Bonchev–Trinajstić information content (AvgIpc) is 2.16. The predicted molar refractivity (Wildman–Crippen MR) is 53.5 cm³/mol. The first kappa shape index (κ1) is 11.5. The van der Waals surface area contributed by atoms with Crippen LogP contribution >= 0.6 is 0 Å². The van der Waals surface area contributed by atoms with E-state index < -0.39 is 6.09 Å². The van der Waals surface area contributed by atoms with Gasteiger partial charge in [0.1, 0.15) is 0 Å². The third kappa shape index (κ3) is 5.73. The summed E-state index contributed by atoms with van der Waals surface area (Å²) in [5.41, 5.74) is 1.03. The van der Waals surface area contributed by atoms with E-state index in [0.29, 0.717) is 6.54 Å². The van der Waals surface area contributed by atoms with Crippen LogP contribution < -0.4 is 5.32 Å². The highest BCUT2D eigenvalue weighted by molar-refractivity contribution is 5.66. The molecule has 13 heavy (non-hydrogen) atoms. The molecule has 3 heteroatoms. The lowest BCUT2D eigenvalue weighted by Gasteiger charge is -2.03. The number of hydrogen-bond acceptors (Lipinski definition) is 2. The van der Waals surface area contributed by atoms with Crippen molar-refractivity contribution in [1.82, 2.24) is 5.32 Å². The number of methoxy groups -OCH3 is 1. The number of carbonyl (C=O) groups excluding carboxylic acids is 1. The van der Waals surface area contributed by atoms with Gasteiger partial charge in [0, 0.05) is 6.54 Å². The van der Waals surface area contributed by atoms with E-state index >= 15 is 0 Å². The summed E-state index contributed by atoms with van der Waals surface area (Å²) in [6.45, 7) is 7.75. The Labute approximate surface area is 78.8 Å². The SMILES string of the molecule is C=C/C=C(\C=C)CCNC(=O)OC. The van der Waals surface area contributed by atoms with Gasteiger partial charge in [-0.2, -0.15) is 0 Å². The molecule has 0 aromatic carbocycles. The number of allylic oxidation sites excluding steroid dienone is 3. The van der Waals surface area contributed by atoms with E-state index in [0.717, 1.165) is 12.0 Å². The summed E-state index contributed by atoms with van der Waals surface area (Å²) < 4.78 is 4.41. The van der Waals surface area contributed by atoms with Crippen molar-refractivity contribution >= 4 is 6.09 Å². The van der Waals surface area contributed by atoms with Gasteiger partial charge in [-0.25, -0.2) is 4.79 Å². The van der Waals surface area contributed by atoms with Crippen molar-refractivity contribution in [1.29, 1.82) is 0 Å². The quantitative estimate of drug-likeness (QED) is 0.659. The summed E-state index contributed by atoms with van der Waals surface area (Å²) in [6.07, 6.45) is 5.59. The average molecular weight is 181 g/mol. The summed E-state index contributed by atoms with van der Waals surface area (Å²) in [7, 11) is 1.34. The molecule has 0 rings (SSSR count). The third-order valence-electron chi connectivity index (χ3n) is 1.46. The van der Waals surface area contributed by atoms with E-state index in [2.05, 4.69) is 23.2 Å². The minimum absolute atomic E-state index is 0.415. The lowest BCUT2D eigenvalue weighted by atomic mass is 10.2. The van der Waals surface area contributed by atoms with Gasteiger partial charge < -0.3 is 10.1 Å². The number of alkyl carbamates (subject to hydrolysis) is 1. The molecule has 0 radical (unpaired) electrons. The van der Waals surface area contributed by atoms with Gasteiger partial charge in [-0.05, 0) is 12.0 Å². The van der Waals surface area contributed by atoms with Gasteiger partial charge in [-0.1, -0.05) is 31.4 Å². The van der Waals surface area contributed by atoms with Crippen molar-refractivity contribution in [2.75, 3.05) is 13.7 Å². The molecule has 0 unspecified atom stereocenters. The monoisotopic (exact) mass is 181 g/mol. The van der Waals surface area contributed by atoms with Crippen LogP contribution in [0.2, 0.25) is 0 Å². The maximum atomic E-state index is 10.6. The molecule has 3 nitrogen and oxygen atoms in total. The molecule has 0 spiro atoms. The van der Waals surface area contributed by atoms with E-state index in [1.165, 1.54) is 7.11 Å². The van der Waals surface area contributed by atoms with E-state index in [-0.39, 0.29) is 0 Å². The predicted octanol–water partition coefficient (Wildman–Crippen LogP) is 2.03. The summed E-state index contributed by atoms with van der Waals surface area (Å²) in [5, 5.41) is 2.57. The van der Waals surface area contributed by atoms with Gasteiger partial charge in [-0.3, -0.25) is 0 Å². The summed E-state index contributed by atoms with van der Waals surface area (Å²) in [4.78, 5) is 10.6. The minimum atomic E-state index is -0.415. The van der Waals surface area contributed by atoms with Gasteiger partial charge in [0.15, 0.2) is 0 Å². The number of hydrogen-bond donors (Lipinski definition) is 1. The molecule has 0 aliphatic carbocycles. The Kier molecular flexibility index (Phi) is 6.32. The van der Waals surface area contributed by atoms with E-state index in [1.807, 2.05) is 6.08 Å². The molecule has 0 aromatic heterocycles. The Balaban J connectivity index is 3.73. The lowest BCUT2D eigenvalue weighted by Crippen LogP contribution is -2.24. The molecule has 0 fully saturated rings. The first-order valence-electron chi connectivity index (χ1n) is 4.00. The van der Waals surface area contributed by atoms with Crippen molar-refractivity contribution in [3.05, 3.63) is 37.0 Å². The number of carbonyl (C=O) groups is 1. The highest BCUT2D eigenvalue weighted by Gasteiger charge is 1.96. The second-order valence-corrected chi connectivity index (χ2v) is 2.35. The van der Waals surface area contributed by atoms with Crippen molar-refractivity contribution in [3.63, 3.8) is 0 Å².